The molecule has 86 valence electrons. The van der Waals surface area contributed by atoms with Gasteiger partial charge in [0.25, 0.3) is 0 Å². The fourth-order valence-corrected chi connectivity index (χ4v) is 1.21. The number of benzene rings is 1. The second kappa shape index (κ2) is 5.90. The Balaban J connectivity index is 2.49. The second-order valence-corrected chi connectivity index (χ2v) is 3.54. The van der Waals surface area contributed by atoms with Crippen LogP contribution < -0.4 is 5.32 Å². The van der Waals surface area contributed by atoms with Crippen molar-refractivity contribution in [3.8, 4) is 0 Å². The summed E-state index contributed by atoms with van der Waals surface area (Å²) < 4.78 is 4.50. The van der Waals surface area contributed by atoms with Gasteiger partial charge in [-0.2, -0.15) is 0 Å². The minimum Gasteiger partial charge on any atom is -0.469 e. The molecule has 4 nitrogen and oxygen atoms in total. The molecular formula is C12H15NO3. The molecule has 0 aromatic heterocycles. The summed E-state index contributed by atoms with van der Waals surface area (Å²) in [4.78, 5) is 22.6. The van der Waals surface area contributed by atoms with Crippen LogP contribution in [0.5, 0.6) is 0 Å². The first-order valence-corrected chi connectivity index (χ1v) is 5.06. The van der Waals surface area contributed by atoms with Crippen LogP contribution in [0.15, 0.2) is 30.3 Å². The molecule has 1 unspecified atom stereocenters. The van der Waals surface area contributed by atoms with Crippen molar-refractivity contribution in [2.45, 2.75) is 13.3 Å². The van der Waals surface area contributed by atoms with E-state index in [0.717, 1.165) is 5.69 Å². The highest BCUT2D eigenvalue weighted by atomic mass is 16.5. The van der Waals surface area contributed by atoms with Crippen LogP contribution in [0.25, 0.3) is 0 Å². The van der Waals surface area contributed by atoms with Crippen molar-refractivity contribution in [1.29, 1.82) is 0 Å². The van der Waals surface area contributed by atoms with E-state index in [1.807, 2.05) is 18.2 Å². The smallest absolute Gasteiger partial charge is 0.306 e. The van der Waals surface area contributed by atoms with E-state index in [4.69, 9.17) is 0 Å². The first-order valence-electron chi connectivity index (χ1n) is 5.06. The Hall–Kier alpha value is -1.84. The first-order chi connectivity index (χ1) is 7.63. The summed E-state index contributed by atoms with van der Waals surface area (Å²) in [6.45, 7) is 1.69. The molecule has 0 aliphatic heterocycles. The van der Waals surface area contributed by atoms with Crippen LogP contribution in [0, 0.1) is 5.92 Å². The number of amides is 1. The Morgan fingerprint density at radius 3 is 2.50 bits per heavy atom. The molecule has 1 atom stereocenters. The van der Waals surface area contributed by atoms with Crippen molar-refractivity contribution >= 4 is 17.6 Å². The summed E-state index contributed by atoms with van der Waals surface area (Å²) in [6, 6.07) is 9.13. The maximum Gasteiger partial charge on any atom is 0.306 e. The molecule has 0 aliphatic rings. The van der Waals surface area contributed by atoms with E-state index in [1.165, 1.54) is 7.11 Å². The van der Waals surface area contributed by atoms with E-state index in [2.05, 4.69) is 10.1 Å². The predicted molar refractivity (Wildman–Crippen MR) is 60.9 cm³/mol. The molecule has 1 N–H and O–H groups in total. The molecule has 1 aromatic carbocycles. The van der Waals surface area contributed by atoms with Crippen molar-refractivity contribution in [3.63, 3.8) is 0 Å². The van der Waals surface area contributed by atoms with Crippen LogP contribution in [-0.2, 0) is 14.3 Å². The molecule has 0 saturated carbocycles. The highest BCUT2D eigenvalue weighted by Gasteiger charge is 2.17. The molecule has 0 bridgehead atoms. The molecule has 4 heteroatoms. The number of hydrogen-bond donors (Lipinski definition) is 1. The first kappa shape index (κ1) is 12.2. The van der Waals surface area contributed by atoms with E-state index < -0.39 is 5.92 Å². The fourth-order valence-electron chi connectivity index (χ4n) is 1.21. The number of rotatable bonds is 4. The zero-order chi connectivity index (χ0) is 12.0. The van der Waals surface area contributed by atoms with Crippen LogP contribution in [0.3, 0.4) is 0 Å². The molecule has 1 amide bonds. The number of ether oxygens (including phenoxy) is 1. The number of carbonyl (C=O) groups excluding carboxylic acids is 2. The summed E-state index contributed by atoms with van der Waals surface area (Å²) in [6.07, 6.45) is 0.0924. The topological polar surface area (TPSA) is 55.4 Å². The summed E-state index contributed by atoms with van der Waals surface area (Å²) in [7, 11) is 1.31. The molecule has 0 spiro atoms. The number of esters is 1. The zero-order valence-electron chi connectivity index (χ0n) is 9.40. The van der Waals surface area contributed by atoms with Crippen molar-refractivity contribution in [2.75, 3.05) is 12.4 Å². The minimum atomic E-state index is -0.396. The molecule has 0 aliphatic carbocycles. The average molecular weight is 221 g/mol. The Morgan fingerprint density at radius 2 is 1.94 bits per heavy atom. The molecule has 0 heterocycles. The summed E-state index contributed by atoms with van der Waals surface area (Å²) in [5, 5.41) is 2.72. The third-order valence-corrected chi connectivity index (χ3v) is 2.19. The molecular weight excluding hydrogens is 206 g/mol. The van der Waals surface area contributed by atoms with Crippen molar-refractivity contribution in [1.82, 2.24) is 0 Å². The SMILES string of the molecule is COC(=O)CC(C)C(=O)Nc1ccccc1. The van der Waals surface area contributed by atoms with Gasteiger partial charge >= 0.3 is 5.97 Å². The van der Waals surface area contributed by atoms with E-state index in [-0.39, 0.29) is 18.3 Å². The lowest BCUT2D eigenvalue weighted by Gasteiger charge is -2.10. The number of carbonyl (C=O) groups is 2. The molecule has 0 radical (unpaired) electrons. The highest BCUT2D eigenvalue weighted by molar-refractivity contribution is 5.94. The van der Waals surface area contributed by atoms with E-state index >= 15 is 0 Å². The monoisotopic (exact) mass is 221 g/mol. The Kier molecular flexibility index (Phi) is 4.51. The minimum absolute atomic E-state index is 0.0924. The third-order valence-electron chi connectivity index (χ3n) is 2.19. The maximum absolute atomic E-state index is 11.6. The van der Waals surface area contributed by atoms with Crippen molar-refractivity contribution < 1.29 is 14.3 Å². The van der Waals surface area contributed by atoms with Crippen LogP contribution >= 0.6 is 0 Å². The molecule has 0 saturated heterocycles. The van der Waals surface area contributed by atoms with Gasteiger partial charge in [-0.15, -0.1) is 0 Å². The van der Waals surface area contributed by atoms with Gasteiger partial charge < -0.3 is 10.1 Å². The van der Waals surface area contributed by atoms with Gasteiger partial charge in [0.1, 0.15) is 0 Å². The number of anilines is 1. The summed E-state index contributed by atoms with van der Waals surface area (Å²) in [5.74, 6) is -0.958. The van der Waals surface area contributed by atoms with Gasteiger partial charge in [0, 0.05) is 11.6 Å². The quantitative estimate of drug-likeness (QED) is 0.789. The zero-order valence-corrected chi connectivity index (χ0v) is 9.40. The highest BCUT2D eigenvalue weighted by Crippen LogP contribution is 2.10. The molecule has 1 rings (SSSR count). The number of nitrogens with one attached hydrogen (secondary N) is 1. The Labute approximate surface area is 94.6 Å². The van der Waals surface area contributed by atoms with Gasteiger partial charge in [-0.05, 0) is 12.1 Å². The second-order valence-electron chi connectivity index (χ2n) is 3.54. The largest absolute Gasteiger partial charge is 0.469 e. The lowest BCUT2D eigenvalue weighted by molar-refractivity contribution is -0.143. The van der Waals surface area contributed by atoms with E-state index in [0.29, 0.717) is 0 Å². The number of methoxy groups -OCH3 is 1. The normalized spacial score (nSPS) is 11.6. The van der Waals surface area contributed by atoms with E-state index in [9.17, 15) is 9.59 Å². The Morgan fingerprint density at radius 1 is 1.31 bits per heavy atom. The lowest BCUT2D eigenvalue weighted by Crippen LogP contribution is -2.23. The van der Waals surface area contributed by atoms with E-state index in [1.54, 1.807) is 19.1 Å². The number of hydrogen-bond acceptors (Lipinski definition) is 3. The van der Waals surface area contributed by atoms with Gasteiger partial charge in [-0.3, -0.25) is 9.59 Å². The average Bonchev–Trinajstić information content (AvgIpc) is 2.30. The molecule has 0 fully saturated rings. The standard InChI is InChI=1S/C12H15NO3/c1-9(8-11(14)16-2)12(15)13-10-6-4-3-5-7-10/h3-7,9H,8H2,1-2H3,(H,13,15). The van der Waals surface area contributed by atoms with Gasteiger partial charge in [0.2, 0.25) is 5.91 Å². The Bertz CT molecular complexity index is 362. The fraction of sp³-hybridized carbons (Fsp3) is 0.333. The van der Waals surface area contributed by atoms with Crippen LogP contribution in [0.2, 0.25) is 0 Å². The predicted octanol–water partition coefficient (Wildman–Crippen LogP) is 1.82. The molecule has 1 aromatic rings. The number of para-hydroxylation sites is 1. The van der Waals surface area contributed by atoms with Gasteiger partial charge in [0.05, 0.1) is 13.5 Å². The van der Waals surface area contributed by atoms with Crippen LogP contribution in [0.1, 0.15) is 13.3 Å². The van der Waals surface area contributed by atoms with Gasteiger partial charge in [-0.25, -0.2) is 0 Å². The maximum atomic E-state index is 11.6. The van der Waals surface area contributed by atoms with Gasteiger partial charge in [-0.1, -0.05) is 25.1 Å². The summed E-state index contributed by atoms with van der Waals surface area (Å²) in [5.41, 5.74) is 0.726. The van der Waals surface area contributed by atoms with Crippen molar-refractivity contribution in [2.24, 2.45) is 5.92 Å². The van der Waals surface area contributed by atoms with Crippen LogP contribution in [0.4, 0.5) is 5.69 Å². The summed E-state index contributed by atoms with van der Waals surface area (Å²) >= 11 is 0. The van der Waals surface area contributed by atoms with Gasteiger partial charge in [0.15, 0.2) is 0 Å². The van der Waals surface area contributed by atoms with Crippen LogP contribution in [-0.4, -0.2) is 19.0 Å². The molecule has 16 heavy (non-hydrogen) atoms. The van der Waals surface area contributed by atoms with Crippen molar-refractivity contribution in [3.05, 3.63) is 30.3 Å². The lowest BCUT2D eigenvalue weighted by atomic mass is 10.1. The third kappa shape index (κ3) is 3.73.